The molecule has 0 spiro atoms. The number of phenolic OH excluding ortho intramolecular Hbond substituents is 1. The number of likely N-dealkylation sites (tertiary alicyclic amines) is 1. The third-order valence-electron chi connectivity index (χ3n) is 7.09. The van der Waals surface area contributed by atoms with E-state index in [-0.39, 0.29) is 23.4 Å². The van der Waals surface area contributed by atoms with E-state index in [4.69, 9.17) is 4.74 Å². The molecular formula is C29H39N5O3. The zero-order valence-corrected chi connectivity index (χ0v) is 22.6. The normalized spacial score (nSPS) is 14.8. The molecule has 0 saturated carbocycles. The van der Waals surface area contributed by atoms with Crippen molar-refractivity contribution < 1.29 is 14.6 Å². The van der Waals surface area contributed by atoms with Gasteiger partial charge in [-0.2, -0.15) is 0 Å². The minimum absolute atomic E-state index is 0.0198. The van der Waals surface area contributed by atoms with Gasteiger partial charge in [0.1, 0.15) is 11.5 Å². The smallest absolute Gasteiger partial charge is 0.289 e. The summed E-state index contributed by atoms with van der Waals surface area (Å²) < 4.78 is 7.22. The molecule has 1 aromatic heterocycles. The fourth-order valence-electron chi connectivity index (χ4n) is 4.79. The SMILES string of the molecule is CCCNC(=O)c1nnc(-c2cc(C(C)C)c(OC)cc2O)n1-c1ccc(CN2CCC(C)CC2)cc1. The Balaban J connectivity index is 1.74. The summed E-state index contributed by atoms with van der Waals surface area (Å²) in [7, 11) is 1.59. The summed E-state index contributed by atoms with van der Waals surface area (Å²) in [6.45, 7) is 12.1. The van der Waals surface area contributed by atoms with E-state index in [0.717, 1.165) is 43.2 Å². The summed E-state index contributed by atoms with van der Waals surface area (Å²) in [5.41, 5.74) is 3.42. The molecule has 1 aliphatic heterocycles. The van der Waals surface area contributed by atoms with Gasteiger partial charge in [0.05, 0.1) is 12.7 Å². The number of phenols is 1. The zero-order chi connectivity index (χ0) is 26.5. The first-order valence-electron chi connectivity index (χ1n) is 13.3. The Kier molecular flexibility index (Phi) is 8.48. The highest BCUT2D eigenvalue weighted by Gasteiger charge is 2.25. The molecule has 2 N–H and O–H groups in total. The summed E-state index contributed by atoms with van der Waals surface area (Å²) in [4.78, 5) is 15.5. The van der Waals surface area contributed by atoms with Gasteiger partial charge >= 0.3 is 0 Å². The molecule has 0 bridgehead atoms. The van der Waals surface area contributed by atoms with Crippen LogP contribution in [-0.4, -0.2) is 57.4 Å². The van der Waals surface area contributed by atoms with Crippen LogP contribution in [0.2, 0.25) is 0 Å². The van der Waals surface area contributed by atoms with Gasteiger partial charge in [0.25, 0.3) is 5.91 Å². The highest BCUT2D eigenvalue weighted by atomic mass is 16.5. The van der Waals surface area contributed by atoms with Crippen molar-refractivity contribution in [1.82, 2.24) is 25.0 Å². The number of amides is 1. The number of hydrogen-bond acceptors (Lipinski definition) is 6. The molecule has 1 aliphatic rings. The molecule has 198 valence electrons. The highest BCUT2D eigenvalue weighted by Crippen LogP contribution is 2.38. The van der Waals surface area contributed by atoms with Crippen molar-refractivity contribution in [3.63, 3.8) is 0 Å². The Morgan fingerprint density at radius 2 is 1.86 bits per heavy atom. The van der Waals surface area contributed by atoms with Gasteiger partial charge in [0.2, 0.25) is 5.82 Å². The van der Waals surface area contributed by atoms with Crippen molar-refractivity contribution >= 4 is 5.91 Å². The second-order valence-electron chi connectivity index (χ2n) is 10.3. The average Bonchev–Trinajstić information content (AvgIpc) is 3.33. The number of aromatic hydroxyl groups is 1. The molecule has 8 heteroatoms. The van der Waals surface area contributed by atoms with E-state index in [1.54, 1.807) is 17.7 Å². The number of rotatable bonds is 9. The minimum atomic E-state index is -0.302. The Morgan fingerprint density at radius 3 is 2.49 bits per heavy atom. The fourth-order valence-corrected chi connectivity index (χ4v) is 4.79. The van der Waals surface area contributed by atoms with Crippen LogP contribution in [0.25, 0.3) is 17.1 Å². The summed E-state index contributed by atoms with van der Waals surface area (Å²) in [5, 5.41) is 22.5. The molecule has 1 fully saturated rings. The predicted molar refractivity (Wildman–Crippen MR) is 145 cm³/mol. The van der Waals surface area contributed by atoms with Gasteiger partial charge in [0, 0.05) is 24.8 Å². The summed E-state index contributed by atoms with van der Waals surface area (Å²) in [6.07, 6.45) is 3.29. The van der Waals surface area contributed by atoms with Crippen LogP contribution in [0, 0.1) is 5.92 Å². The van der Waals surface area contributed by atoms with Crippen molar-refractivity contribution in [2.24, 2.45) is 5.92 Å². The molecule has 0 aliphatic carbocycles. The maximum Gasteiger partial charge on any atom is 0.289 e. The van der Waals surface area contributed by atoms with Gasteiger partial charge < -0.3 is 15.2 Å². The van der Waals surface area contributed by atoms with E-state index in [1.807, 2.05) is 25.1 Å². The number of carbonyl (C=O) groups is 1. The van der Waals surface area contributed by atoms with E-state index in [1.165, 1.54) is 18.4 Å². The minimum Gasteiger partial charge on any atom is -0.507 e. The first-order valence-corrected chi connectivity index (χ1v) is 13.3. The number of nitrogens with zero attached hydrogens (tertiary/aromatic N) is 4. The summed E-state index contributed by atoms with van der Waals surface area (Å²) >= 11 is 0. The Bertz CT molecular complexity index is 1210. The second-order valence-corrected chi connectivity index (χ2v) is 10.3. The maximum absolute atomic E-state index is 13.0. The lowest BCUT2D eigenvalue weighted by atomic mass is 9.98. The molecule has 0 atom stereocenters. The fraction of sp³-hybridized carbons (Fsp3) is 0.483. The highest BCUT2D eigenvalue weighted by molar-refractivity contribution is 5.92. The molecule has 3 aromatic rings. The Hall–Kier alpha value is -3.39. The Morgan fingerprint density at radius 1 is 1.16 bits per heavy atom. The van der Waals surface area contributed by atoms with Crippen LogP contribution in [-0.2, 0) is 6.54 Å². The van der Waals surface area contributed by atoms with Crippen molar-refractivity contribution in [2.75, 3.05) is 26.7 Å². The van der Waals surface area contributed by atoms with E-state index in [9.17, 15) is 9.90 Å². The predicted octanol–water partition coefficient (Wildman–Crippen LogP) is 5.14. The third-order valence-corrected chi connectivity index (χ3v) is 7.09. The number of ether oxygens (including phenoxy) is 1. The maximum atomic E-state index is 13.0. The van der Waals surface area contributed by atoms with Gasteiger partial charge in [-0.05, 0) is 73.5 Å². The van der Waals surface area contributed by atoms with Crippen LogP contribution in [0.1, 0.15) is 74.6 Å². The van der Waals surface area contributed by atoms with Crippen molar-refractivity contribution in [3.8, 4) is 28.6 Å². The van der Waals surface area contributed by atoms with Gasteiger partial charge in [0.15, 0.2) is 5.82 Å². The van der Waals surface area contributed by atoms with Crippen LogP contribution in [0.5, 0.6) is 11.5 Å². The van der Waals surface area contributed by atoms with Gasteiger partial charge in [-0.15, -0.1) is 10.2 Å². The van der Waals surface area contributed by atoms with Gasteiger partial charge in [-0.1, -0.05) is 39.8 Å². The Labute approximate surface area is 219 Å². The van der Waals surface area contributed by atoms with Gasteiger partial charge in [-0.3, -0.25) is 14.3 Å². The monoisotopic (exact) mass is 505 g/mol. The number of methoxy groups -OCH3 is 1. The number of benzene rings is 2. The van der Waals surface area contributed by atoms with Crippen LogP contribution >= 0.6 is 0 Å². The van der Waals surface area contributed by atoms with E-state index in [2.05, 4.69) is 53.3 Å². The number of piperidine rings is 1. The molecule has 4 rings (SSSR count). The van der Waals surface area contributed by atoms with Crippen LogP contribution in [0.4, 0.5) is 0 Å². The molecule has 0 radical (unpaired) electrons. The van der Waals surface area contributed by atoms with E-state index >= 15 is 0 Å². The lowest BCUT2D eigenvalue weighted by Crippen LogP contribution is -2.32. The van der Waals surface area contributed by atoms with Gasteiger partial charge in [-0.25, -0.2) is 0 Å². The zero-order valence-electron chi connectivity index (χ0n) is 22.6. The van der Waals surface area contributed by atoms with Crippen LogP contribution < -0.4 is 10.1 Å². The lowest BCUT2D eigenvalue weighted by molar-refractivity contribution is 0.0941. The molecule has 8 nitrogen and oxygen atoms in total. The third kappa shape index (κ3) is 5.96. The summed E-state index contributed by atoms with van der Waals surface area (Å²) in [5.74, 6) is 1.88. The molecule has 2 aromatic carbocycles. The molecule has 1 amide bonds. The molecular weight excluding hydrogens is 466 g/mol. The summed E-state index contributed by atoms with van der Waals surface area (Å²) in [6, 6.07) is 11.7. The van der Waals surface area contributed by atoms with Crippen molar-refractivity contribution in [3.05, 3.63) is 53.3 Å². The largest absolute Gasteiger partial charge is 0.507 e. The molecule has 2 heterocycles. The number of hydrogen-bond donors (Lipinski definition) is 2. The average molecular weight is 506 g/mol. The number of nitrogens with one attached hydrogen (secondary N) is 1. The van der Waals surface area contributed by atoms with E-state index < -0.39 is 0 Å². The quantitative estimate of drug-likeness (QED) is 0.418. The van der Waals surface area contributed by atoms with Crippen molar-refractivity contribution in [2.45, 2.75) is 59.4 Å². The molecule has 1 saturated heterocycles. The first-order chi connectivity index (χ1) is 17.8. The van der Waals surface area contributed by atoms with E-state index in [0.29, 0.717) is 23.7 Å². The topological polar surface area (TPSA) is 92.5 Å². The number of aromatic nitrogens is 3. The number of carbonyl (C=O) groups excluding carboxylic acids is 1. The lowest BCUT2D eigenvalue weighted by Gasteiger charge is -2.30. The second kappa shape index (κ2) is 11.8. The molecule has 37 heavy (non-hydrogen) atoms. The molecule has 0 unspecified atom stereocenters. The van der Waals surface area contributed by atoms with Crippen LogP contribution in [0.3, 0.4) is 0 Å². The van der Waals surface area contributed by atoms with Crippen molar-refractivity contribution in [1.29, 1.82) is 0 Å². The van der Waals surface area contributed by atoms with Crippen LogP contribution in [0.15, 0.2) is 36.4 Å². The standard InChI is InChI=1S/C29H39N5O3/c1-6-13-30-29(36)28-32-31-27(24-16-23(19(2)3)26(37-5)17-25(24)35)34(28)22-9-7-21(8-10-22)18-33-14-11-20(4)12-15-33/h7-10,16-17,19-20,35H,6,11-15,18H2,1-5H3,(H,30,36). The first kappa shape index (κ1) is 26.7.